The highest BCUT2D eigenvalue weighted by atomic mass is 16.2. The fraction of sp³-hybridized carbons (Fsp3) is 0.517. The van der Waals surface area contributed by atoms with Crippen molar-refractivity contribution < 1.29 is 4.79 Å². The molecule has 0 spiro atoms. The minimum absolute atomic E-state index is 0.126. The van der Waals surface area contributed by atoms with Gasteiger partial charge in [-0.2, -0.15) is 5.10 Å². The Bertz CT molecular complexity index is 1310. The summed E-state index contributed by atoms with van der Waals surface area (Å²) in [7, 11) is 0. The number of aromatic nitrogens is 4. The number of fused-ring (bicyclic) bond motifs is 2. The number of carbonyl (C=O) groups excluding carboxylic acids is 1. The lowest BCUT2D eigenvalue weighted by Gasteiger charge is -2.23. The zero-order chi connectivity index (χ0) is 23.6. The fourth-order valence-corrected chi connectivity index (χ4v) is 6.40. The first-order valence-electron chi connectivity index (χ1n) is 13.4. The Morgan fingerprint density at radius 1 is 1.00 bits per heavy atom. The van der Waals surface area contributed by atoms with Gasteiger partial charge in [-0.1, -0.05) is 19.8 Å². The Kier molecular flexibility index (Phi) is 4.87. The van der Waals surface area contributed by atoms with Crippen LogP contribution in [0.2, 0.25) is 0 Å². The van der Waals surface area contributed by atoms with E-state index in [1.165, 1.54) is 49.8 Å². The van der Waals surface area contributed by atoms with Crippen LogP contribution in [-0.2, 0) is 25.9 Å². The highest BCUT2D eigenvalue weighted by Gasteiger charge is 2.34. The SMILES string of the molecule is CC1(Cn2cc(-c3cc4c(nc3-c3cnc5c(c3)C(=O)N(CC3CC3)C5)CCC4)cn2)CCCC1. The minimum atomic E-state index is 0.126. The monoisotopic (exact) mass is 467 g/mol. The van der Waals surface area contributed by atoms with Gasteiger partial charge in [0, 0.05) is 47.9 Å². The van der Waals surface area contributed by atoms with E-state index in [4.69, 9.17) is 15.1 Å². The number of hydrogen-bond acceptors (Lipinski definition) is 4. The van der Waals surface area contributed by atoms with Gasteiger partial charge in [0.15, 0.2) is 0 Å². The van der Waals surface area contributed by atoms with Gasteiger partial charge in [0.25, 0.3) is 5.91 Å². The molecule has 3 aromatic heterocycles. The number of nitrogens with zero attached hydrogens (tertiary/aromatic N) is 5. The van der Waals surface area contributed by atoms with Crippen molar-refractivity contribution >= 4 is 5.91 Å². The van der Waals surface area contributed by atoms with E-state index in [1.807, 2.05) is 23.4 Å². The van der Waals surface area contributed by atoms with E-state index in [0.29, 0.717) is 17.9 Å². The Balaban J connectivity index is 1.25. The third-order valence-electron chi connectivity index (χ3n) is 8.63. The highest BCUT2D eigenvalue weighted by Crippen LogP contribution is 2.40. The van der Waals surface area contributed by atoms with Crippen LogP contribution in [0.3, 0.4) is 0 Å². The summed E-state index contributed by atoms with van der Waals surface area (Å²) in [5.41, 5.74) is 8.62. The molecule has 7 rings (SSSR count). The van der Waals surface area contributed by atoms with Gasteiger partial charge < -0.3 is 4.90 Å². The molecule has 2 fully saturated rings. The lowest BCUT2D eigenvalue weighted by molar-refractivity contribution is 0.0770. The molecule has 0 unspecified atom stereocenters. The molecular weight excluding hydrogens is 434 g/mol. The molecule has 0 saturated heterocycles. The first-order chi connectivity index (χ1) is 17.0. The second kappa shape index (κ2) is 8.00. The zero-order valence-corrected chi connectivity index (χ0v) is 20.6. The predicted octanol–water partition coefficient (Wildman–Crippen LogP) is 5.44. The molecular formula is C29H33N5O. The standard InChI is InChI=1S/C29H33N5O/c1-29(9-2-3-10-29)18-34-16-22(14-31-34)23-11-20-5-4-6-25(20)32-27(23)21-12-24-26(30-13-21)17-33(28(24)35)15-19-7-8-19/h11-14,16,19H,2-10,15,17-18H2,1H3. The van der Waals surface area contributed by atoms with Crippen LogP contribution in [0.4, 0.5) is 0 Å². The molecule has 0 atom stereocenters. The normalized spacial score (nSPS) is 20.5. The average molecular weight is 468 g/mol. The lowest BCUT2D eigenvalue weighted by atomic mass is 9.89. The van der Waals surface area contributed by atoms with Gasteiger partial charge in [0.2, 0.25) is 0 Å². The van der Waals surface area contributed by atoms with Crippen molar-refractivity contribution in [2.24, 2.45) is 11.3 Å². The Labute approximate surface area is 206 Å². The van der Waals surface area contributed by atoms with Crippen LogP contribution in [0.25, 0.3) is 22.4 Å². The molecule has 0 radical (unpaired) electrons. The second-order valence-electron chi connectivity index (χ2n) is 11.6. The molecule has 3 aromatic rings. The summed E-state index contributed by atoms with van der Waals surface area (Å²) in [4.78, 5) is 25.0. The summed E-state index contributed by atoms with van der Waals surface area (Å²) in [5.74, 6) is 0.808. The summed E-state index contributed by atoms with van der Waals surface area (Å²) < 4.78 is 2.12. The van der Waals surface area contributed by atoms with E-state index in [-0.39, 0.29) is 5.91 Å². The molecule has 0 N–H and O–H groups in total. The van der Waals surface area contributed by atoms with E-state index in [1.54, 1.807) is 0 Å². The molecule has 1 amide bonds. The van der Waals surface area contributed by atoms with Crippen molar-refractivity contribution in [2.45, 2.75) is 77.8 Å². The van der Waals surface area contributed by atoms with E-state index in [9.17, 15) is 4.79 Å². The molecule has 180 valence electrons. The summed E-state index contributed by atoms with van der Waals surface area (Å²) >= 11 is 0. The van der Waals surface area contributed by atoms with Crippen molar-refractivity contribution in [3.63, 3.8) is 0 Å². The molecule has 6 heteroatoms. The number of hydrogen-bond donors (Lipinski definition) is 0. The molecule has 0 aromatic carbocycles. The van der Waals surface area contributed by atoms with Gasteiger partial charge >= 0.3 is 0 Å². The third kappa shape index (κ3) is 3.87. The summed E-state index contributed by atoms with van der Waals surface area (Å²) in [5, 5.41) is 4.76. The van der Waals surface area contributed by atoms with Gasteiger partial charge in [-0.25, -0.2) is 0 Å². The number of amides is 1. The number of aryl methyl sites for hydroxylation is 2. The summed E-state index contributed by atoms with van der Waals surface area (Å²) in [6, 6.07) is 4.35. The van der Waals surface area contributed by atoms with Crippen LogP contribution < -0.4 is 0 Å². The molecule has 4 heterocycles. The van der Waals surface area contributed by atoms with Crippen molar-refractivity contribution in [3.8, 4) is 22.4 Å². The zero-order valence-electron chi connectivity index (χ0n) is 20.6. The summed E-state index contributed by atoms with van der Waals surface area (Å²) in [6.07, 6.45) is 17.0. The molecule has 4 aliphatic rings. The van der Waals surface area contributed by atoms with Gasteiger partial charge in [-0.15, -0.1) is 0 Å². The van der Waals surface area contributed by atoms with E-state index in [0.717, 1.165) is 66.0 Å². The fourth-order valence-electron chi connectivity index (χ4n) is 6.40. The van der Waals surface area contributed by atoms with Crippen LogP contribution in [-0.4, -0.2) is 37.1 Å². The molecule has 6 nitrogen and oxygen atoms in total. The van der Waals surface area contributed by atoms with Crippen molar-refractivity contribution in [3.05, 3.63) is 53.2 Å². The Hall–Kier alpha value is -3.02. The smallest absolute Gasteiger partial charge is 0.256 e. The lowest BCUT2D eigenvalue weighted by Crippen LogP contribution is -2.26. The van der Waals surface area contributed by atoms with E-state index >= 15 is 0 Å². The molecule has 35 heavy (non-hydrogen) atoms. The van der Waals surface area contributed by atoms with Gasteiger partial charge in [0.1, 0.15) is 0 Å². The van der Waals surface area contributed by atoms with Crippen LogP contribution >= 0.6 is 0 Å². The molecule has 0 bridgehead atoms. The van der Waals surface area contributed by atoms with Gasteiger partial charge in [0.05, 0.1) is 29.7 Å². The predicted molar refractivity (Wildman–Crippen MR) is 135 cm³/mol. The Morgan fingerprint density at radius 3 is 2.69 bits per heavy atom. The van der Waals surface area contributed by atoms with Crippen molar-refractivity contribution in [1.29, 1.82) is 0 Å². The third-order valence-corrected chi connectivity index (χ3v) is 8.63. The van der Waals surface area contributed by atoms with Crippen LogP contribution in [0.15, 0.2) is 30.7 Å². The van der Waals surface area contributed by atoms with E-state index < -0.39 is 0 Å². The first kappa shape index (κ1) is 21.3. The van der Waals surface area contributed by atoms with Crippen molar-refractivity contribution in [2.75, 3.05) is 6.54 Å². The number of rotatable bonds is 6. The molecule has 3 aliphatic carbocycles. The number of pyridine rings is 2. The first-order valence-corrected chi connectivity index (χ1v) is 13.4. The highest BCUT2D eigenvalue weighted by molar-refractivity contribution is 5.99. The quantitative estimate of drug-likeness (QED) is 0.484. The molecule has 2 saturated carbocycles. The van der Waals surface area contributed by atoms with E-state index in [2.05, 4.69) is 23.9 Å². The number of carbonyl (C=O) groups is 1. The maximum absolute atomic E-state index is 13.1. The summed E-state index contributed by atoms with van der Waals surface area (Å²) in [6.45, 7) is 4.86. The topological polar surface area (TPSA) is 63.9 Å². The second-order valence-corrected chi connectivity index (χ2v) is 11.6. The minimum Gasteiger partial charge on any atom is -0.332 e. The van der Waals surface area contributed by atoms with Crippen LogP contribution in [0.1, 0.15) is 79.2 Å². The molecule has 1 aliphatic heterocycles. The van der Waals surface area contributed by atoms with Crippen LogP contribution in [0, 0.1) is 11.3 Å². The Morgan fingerprint density at radius 2 is 1.86 bits per heavy atom. The maximum atomic E-state index is 13.1. The van der Waals surface area contributed by atoms with Gasteiger partial charge in [-0.05, 0) is 74.0 Å². The average Bonchev–Trinajstić information content (AvgIpc) is 3.21. The largest absolute Gasteiger partial charge is 0.332 e. The maximum Gasteiger partial charge on any atom is 0.256 e. The van der Waals surface area contributed by atoms with Crippen LogP contribution in [0.5, 0.6) is 0 Å². The van der Waals surface area contributed by atoms with Gasteiger partial charge in [-0.3, -0.25) is 19.4 Å². The van der Waals surface area contributed by atoms with Crippen molar-refractivity contribution in [1.82, 2.24) is 24.6 Å².